The number of rotatable bonds is 1. The average Bonchev–Trinajstić information content (AvgIpc) is 2.54. The van der Waals surface area contributed by atoms with Crippen LogP contribution in [-0.4, -0.2) is 6.54 Å². The van der Waals surface area contributed by atoms with Gasteiger partial charge in [0.05, 0.1) is 0 Å². The fraction of sp³-hybridized carbons (Fsp3) is 0.538. The molecule has 0 saturated carbocycles. The van der Waals surface area contributed by atoms with Crippen molar-refractivity contribution < 1.29 is 0 Å². The van der Waals surface area contributed by atoms with E-state index in [1.165, 1.54) is 37.8 Å². The standard InChI is InChI=1S/C13H17N/c1-9-5-6-10-3-2-4-11(10)13(9)12-7-8-14-12/h5-6,12,14H,2-4,7-8H2,1H3/t12-/m0/s1. The number of fused-ring (bicyclic) bond motifs is 1. The maximum Gasteiger partial charge on any atom is 0.0337 e. The van der Waals surface area contributed by atoms with E-state index in [4.69, 9.17) is 0 Å². The first-order chi connectivity index (χ1) is 6.86. The summed E-state index contributed by atoms with van der Waals surface area (Å²) >= 11 is 0. The Labute approximate surface area is 85.5 Å². The minimum Gasteiger partial charge on any atom is -0.310 e. The van der Waals surface area contributed by atoms with E-state index in [9.17, 15) is 0 Å². The van der Waals surface area contributed by atoms with Gasteiger partial charge in [0.15, 0.2) is 0 Å². The molecule has 1 aromatic carbocycles. The highest BCUT2D eigenvalue weighted by Gasteiger charge is 2.25. The molecule has 2 aliphatic rings. The van der Waals surface area contributed by atoms with Crippen molar-refractivity contribution in [2.75, 3.05) is 6.54 Å². The second-order valence-electron chi connectivity index (χ2n) is 4.58. The van der Waals surface area contributed by atoms with Crippen LogP contribution in [0.3, 0.4) is 0 Å². The molecule has 1 heteroatoms. The van der Waals surface area contributed by atoms with E-state index in [1.807, 2.05) is 0 Å². The van der Waals surface area contributed by atoms with Crippen molar-refractivity contribution in [3.05, 3.63) is 34.4 Å². The number of aryl methyl sites for hydroxylation is 2. The molecule has 1 atom stereocenters. The number of hydrogen-bond donors (Lipinski definition) is 1. The Bertz CT molecular complexity index is 364. The molecule has 1 nitrogen and oxygen atoms in total. The molecule has 0 spiro atoms. The van der Waals surface area contributed by atoms with Gasteiger partial charge in [-0.1, -0.05) is 12.1 Å². The molecule has 1 aliphatic heterocycles. The summed E-state index contributed by atoms with van der Waals surface area (Å²) in [6.07, 6.45) is 5.30. The second-order valence-corrected chi connectivity index (χ2v) is 4.58. The van der Waals surface area contributed by atoms with E-state index in [1.54, 1.807) is 16.7 Å². The topological polar surface area (TPSA) is 12.0 Å². The lowest BCUT2D eigenvalue weighted by Gasteiger charge is -2.31. The monoisotopic (exact) mass is 187 g/mol. The van der Waals surface area contributed by atoms with Crippen molar-refractivity contribution in [3.63, 3.8) is 0 Å². The van der Waals surface area contributed by atoms with Crippen LogP contribution in [-0.2, 0) is 12.8 Å². The molecule has 0 unspecified atom stereocenters. The van der Waals surface area contributed by atoms with E-state index in [0.29, 0.717) is 6.04 Å². The summed E-state index contributed by atoms with van der Waals surface area (Å²) in [4.78, 5) is 0. The van der Waals surface area contributed by atoms with Gasteiger partial charge in [-0.2, -0.15) is 0 Å². The predicted molar refractivity (Wildman–Crippen MR) is 58.6 cm³/mol. The summed E-state index contributed by atoms with van der Waals surface area (Å²) in [6.45, 7) is 3.46. The minimum atomic E-state index is 0.669. The Hall–Kier alpha value is -0.820. The molecular weight excluding hydrogens is 170 g/mol. The lowest BCUT2D eigenvalue weighted by molar-refractivity contribution is 0.380. The van der Waals surface area contributed by atoms with Crippen molar-refractivity contribution >= 4 is 0 Å². The van der Waals surface area contributed by atoms with Crippen molar-refractivity contribution in [2.45, 2.75) is 38.6 Å². The lowest BCUT2D eigenvalue weighted by Crippen LogP contribution is -2.36. The molecule has 0 radical (unpaired) electrons. The molecule has 3 rings (SSSR count). The van der Waals surface area contributed by atoms with Crippen LogP contribution in [0.25, 0.3) is 0 Å². The van der Waals surface area contributed by atoms with Crippen LogP contribution < -0.4 is 5.32 Å². The van der Waals surface area contributed by atoms with Gasteiger partial charge in [0.2, 0.25) is 0 Å². The van der Waals surface area contributed by atoms with Crippen LogP contribution in [0.2, 0.25) is 0 Å². The normalized spacial score (nSPS) is 24.5. The van der Waals surface area contributed by atoms with Crippen molar-refractivity contribution in [1.82, 2.24) is 5.32 Å². The summed E-state index contributed by atoms with van der Waals surface area (Å²) in [5.74, 6) is 0. The molecule has 0 aromatic heterocycles. The van der Waals surface area contributed by atoms with Crippen molar-refractivity contribution in [2.24, 2.45) is 0 Å². The van der Waals surface area contributed by atoms with Gasteiger partial charge in [-0.3, -0.25) is 0 Å². The molecule has 74 valence electrons. The van der Waals surface area contributed by atoms with Crippen LogP contribution >= 0.6 is 0 Å². The zero-order chi connectivity index (χ0) is 9.54. The highest BCUT2D eigenvalue weighted by Crippen LogP contribution is 2.35. The fourth-order valence-corrected chi connectivity index (χ4v) is 2.83. The molecule has 1 aromatic rings. The van der Waals surface area contributed by atoms with E-state index in [-0.39, 0.29) is 0 Å². The predicted octanol–water partition coefficient (Wildman–Crippen LogP) is 2.52. The molecule has 1 N–H and O–H groups in total. The van der Waals surface area contributed by atoms with Gasteiger partial charge in [0, 0.05) is 6.04 Å². The first-order valence-corrected chi connectivity index (χ1v) is 5.71. The molecule has 1 aliphatic carbocycles. The zero-order valence-corrected chi connectivity index (χ0v) is 8.77. The summed E-state index contributed by atoms with van der Waals surface area (Å²) in [7, 11) is 0. The van der Waals surface area contributed by atoms with Gasteiger partial charge in [-0.25, -0.2) is 0 Å². The smallest absolute Gasteiger partial charge is 0.0337 e. The van der Waals surface area contributed by atoms with E-state index < -0.39 is 0 Å². The third-order valence-corrected chi connectivity index (χ3v) is 3.72. The van der Waals surface area contributed by atoms with Crippen LogP contribution in [0.1, 0.15) is 41.1 Å². The third-order valence-electron chi connectivity index (χ3n) is 3.72. The first-order valence-electron chi connectivity index (χ1n) is 5.71. The summed E-state index contributed by atoms with van der Waals surface area (Å²) in [6, 6.07) is 5.31. The molecular formula is C13H17N. The Kier molecular flexibility index (Phi) is 1.88. The average molecular weight is 187 g/mol. The zero-order valence-electron chi connectivity index (χ0n) is 8.77. The van der Waals surface area contributed by atoms with Gasteiger partial charge in [0.1, 0.15) is 0 Å². The van der Waals surface area contributed by atoms with Gasteiger partial charge in [-0.05, 0) is 61.4 Å². The maximum absolute atomic E-state index is 3.53. The fourth-order valence-electron chi connectivity index (χ4n) is 2.83. The SMILES string of the molecule is Cc1ccc2c(c1[C@@H]1CCN1)CCC2. The molecule has 1 saturated heterocycles. The highest BCUT2D eigenvalue weighted by atomic mass is 15.0. The van der Waals surface area contributed by atoms with E-state index >= 15 is 0 Å². The number of hydrogen-bond acceptors (Lipinski definition) is 1. The van der Waals surface area contributed by atoms with Crippen LogP contribution in [0.15, 0.2) is 12.1 Å². The molecule has 0 amide bonds. The second kappa shape index (κ2) is 3.09. The van der Waals surface area contributed by atoms with Crippen LogP contribution in [0.5, 0.6) is 0 Å². The Morgan fingerprint density at radius 3 is 2.86 bits per heavy atom. The largest absolute Gasteiger partial charge is 0.310 e. The number of nitrogens with one attached hydrogen (secondary N) is 1. The third kappa shape index (κ3) is 1.12. The van der Waals surface area contributed by atoms with Crippen molar-refractivity contribution in [3.8, 4) is 0 Å². The van der Waals surface area contributed by atoms with Gasteiger partial charge < -0.3 is 5.32 Å². The quantitative estimate of drug-likeness (QED) is 0.712. The van der Waals surface area contributed by atoms with Crippen LogP contribution in [0.4, 0.5) is 0 Å². The van der Waals surface area contributed by atoms with E-state index in [2.05, 4.69) is 24.4 Å². The summed E-state index contributed by atoms with van der Waals surface area (Å²) in [5.41, 5.74) is 6.40. The Morgan fingerprint density at radius 1 is 1.29 bits per heavy atom. The molecule has 1 heterocycles. The summed E-state index contributed by atoms with van der Waals surface area (Å²) in [5, 5.41) is 3.53. The molecule has 14 heavy (non-hydrogen) atoms. The maximum atomic E-state index is 3.53. The van der Waals surface area contributed by atoms with Crippen molar-refractivity contribution in [1.29, 1.82) is 0 Å². The summed E-state index contributed by atoms with van der Waals surface area (Å²) < 4.78 is 0. The highest BCUT2D eigenvalue weighted by molar-refractivity contribution is 5.45. The first kappa shape index (κ1) is 8.49. The Balaban J connectivity index is 2.11. The minimum absolute atomic E-state index is 0.669. The number of benzene rings is 1. The van der Waals surface area contributed by atoms with Crippen LogP contribution in [0, 0.1) is 6.92 Å². The van der Waals surface area contributed by atoms with Gasteiger partial charge in [0.25, 0.3) is 0 Å². The van der Waals surface area contributed by atoms with Gasteiger partial charge >= 0.3 is 0 Å². The van der Waals surface area contributed by atoms with Gasteiger partial charge in [-0.15, -0.1) is 0 Å². The lowest BCUT2D eigenvalue weighted by atomic mass is 9.88. The van der Waals surface area contributed by atoms with E-state index in [0.717, 1.165) is 0 Å². The Morgan fingerprint density at radius 2 is 2.14 bits per heavy atom. The molecule has 1 fully saturated rings. The molecule has 0 bridgehead atoms.